The highest BCUT2D eigenvalue weighted by atomic mass is 16.1. The second-order valence-electron chi connectivity index (χ2n) is 4.47. The lowest BCUT2D eigenvalue weighted by atomic mass is 10.3. The number of fused-ring (bicyclic) bond motifs is 1. The van der Waals surface area contributed by atoms with E-state index in [1.165, 1.54) is 6.08 Å². The number of rotatable bonds is 5. The van der Waals surface area contributed by atoms with Crippen LogP contribution in [0, 0.1) is 0 Å². The molecule has 0 aliphatic rings. The number of imidazole rings is 1. The van der Waals surface area contributed by atoms with Gasteiger partial charge in [0.05, 0.1) is 11.0 Å². The highest BCUT2D eigenvalue weighted by molar-refractivity contribution is 5.87. The normalized spacial score (nSPS) is 11.3. The van der Waals surface area contributed by atoms with Gasteiger partial charge in [-0.1, -0.05) is 18.2 Å². The molecule has 0 unspecified atom stereocenters. The van der Waals surface area contributed by atoms with E-state index in [4.69, 9.17) is 0 Å². The molecule has 4 nitrogen and oxygen atoms in total. The van der Waals surface area contributed by atoms with Crippen molar-refractivity contribution in [2.45, 2.75) is 19.8 Å². The molecule has 1 amide bonds. The van der Waals surface area contributed by atoms with E-state index in [1.807, 2.05) is 32.2 Å². The van der Waals surface area contributed by atoms with Crippen molar-refractivity contribution in [1.82, 2.24) is 14.9 Å². The maximum atomic E-state index is 11.2. The van der Waals surface area contributed by atoms with Crippen LogP contribution in [0.5, 0.6) is 0 Å². The van der Waals surface area contributed by atoms with Gasteiger partial charge in [0.25, 0.3) is 0 Å². The number of nitrogens with one attached hydrogen (secondary N) is 1. The third-order valence-corrected chi connectivity index (χ3v) is 3.07. The van der Waals surface area contributed by atoms with Gasteiger partial charge >= 0.3 is 0 Å². The summed E-state index contributed by atoms with van der Waals surface area (Å²) in [6.07, 6.45) is 5.03. The van der Waals surface area contributed by atoms with E-state index in [9.17, 15) is 4.79 Å². The monoisotopic (exact) mass is 257 g/mol. The van der Waals surface area contributed by atoms with Gasteiger partial charge in [-0.05, 0) is 31.6 Å². The van der Waals surface area contributed by atoms with Crippen LogP contribution in [-0.2, 0) is 18.3 Å². The number of benzene rings is 1. The van der Waals surface area contributed by atoms with Gasteiger partial charge in [-0.3, -0.25) is 4.79 Å². The van der Waals surface area contributed by atoms with Gasteiger partial charge < -0.3 is 9.88 Å². The van der Waals surface area contributed by atoms with E-state index in [-0.39, 0.29) is 5.91 Å². The molecule has 0 saturated carbocycles. The predicted octanol–water partition coefficient (Wildman–Crippen LogP) is 2.20. The maximum absolute atomic E-state index is 11.2. The Morgan fingerprint density at radius 3 is 2.95 bits per heavy atom. The highest BCUT2D eigenvalue weighted by Gasteiger charge is 2.06. The molecule has 19 heavy (non-hydrogen) atoms. The lowest BCUT2D eigenvalue weighted by molar-refractivity contribution is -0.116. The Balaban J connectivity index is 1.91. The van der Waals surface area contributed by atoms with Crippen LogP contribution in [-0.4, -0.2) is 22.0 Å². The Kier molecular flexibility index (Phi) is 4.34. The third kappa shape index (κ3) is 3.22. The van der Waals surface area contributed by atoms with E-state index in [0.717, 1.165) is 29.7 Å². The summed E-state index contributed by atoms with van der Waals surface area (Å²) in [5, 5.41) is 2.84. The van der Waals surface area contributed by atoms with Crippen molar-refractivity contribution in [2.24, 2.45) is 7.05 Å². The molecule has 1 heterocycles. The quantitative estimate of drug-likeness (QED) is 0.659. The number of hydrogen-bond acceptors (Lipinski definition) is 2. The summed E-state index contributed by atoms with van der Waals surface area (Å²) in [6.45, 7) is 2.51. The number of allylic oxidation sites excluding steroid dienone is 1. The Bertz CT molecular complexity index is 598. The van der Waals surface area contributed by atoms with E-state index >= 15 is 0 Å². The Morgan fingerprint density at radius 2 is 2.21 bits per heavy atom. The first-order valence-electron chi connectivity index (χ1n) is 6.53. The molecule has 0 spiro atoms. The molecule has 0 radical (unpaired) electrons. The first-order chi connectivity index (χ1) is 9.22. The van der Waals surface area contributed by atoms with E-state index in [2.05, 4.69) is 20.9 Å². The predicted molar refractivity (Wildman–Crippen MR) is 76.9 cm³/mol. The number of aryl methyl sites for hydroxylation is 2. The van der Waals surface area contributed by atoms with Crippen molar-refractivity contribution < 1.29 is 4.79 Å². The fraction of sp³-hybridized carbons (Fsp3) is 0.333. The maximum Gasteiger partial charge on any atom is 0.243 e. The molecule has 2 rings (SSSR count). The number of carbonyl (C=O) groups is 1. The van der Waals surface area contributed by atoms with Gasteiger partial charge in [0.1, 0.15) is 5.82 Å². The van der Waals surface area contributed by atoms with Crippen molar-refractivity contribution in [3.05, 3.63) is 42.2 Å². The second-order valence-corrected chi connectivity index (χ2v) is 4.47. The third-order valence-electron chi connectivity index (χ3n) is 3.07. The van der Waals surface area contributed by atoms with Crippen molar-refractivity contribution >= 4 is 16.9 Å². The molecule has 0 fully saturated rings. The Morgan fingerprint density at radius 1 is 1.42 bits per heavy atom. The topological polar surface area (TPSA) is 46.9 Å². The minimum atomic E-state index is -0.0347. The fourth-order valence-corrected chi connectivity index (χ4v) is 2.09. The molecule has 0 aliphatic carbocycles. The van der Waals surface area contributed by atoms with Gasteiger partial charge in [-0.25, -0.2) is 4.98 Å². The Hall–Kier alpha value is -2.10. The zero-order chi connectivity index (χ0) is 13.7. The van der Waals surface area contributed by atoms with Crippen LogP contribution >= 0.6 is 0 Å². The molecule has 100 valence electrons. The van der Waals surface area contributed by atoms with Crippen LogP contribution in [0.3, 0.4) is 0 Å². The van der Waals surface area contributed by atoms with Crippen LogP contribution in [0.1, 0.15) is 19.2 Å². The van der Waals surface area contributed by atoms with Crippen molar-refractivity contribution in [3.63, 3.8) is 0 Å². The summed E-state index contributed by atoms with van der Waals surface area (Å²) in [6, 6.07) is 8.10. The molecule has 4 heteroatoms. The van der Waals surface area contributed by atoms with Crippen molar-refractivity contribution in [3.8, 4) is 0 Å². The molecular weight excluding hydrogens is 238 g/mol. The van der Waals surface area contributed by atoms with Gasteiger partial charge in [0.15, 0.2) is 0 Å². The van der Waals surface area contributed by atoms with Crippen LogP contribution < -0.4 is 5.32 Å². The van der Waals surface area contributed by atoms with E-state index in [1.54, 1.807) is 6.08 Å². The number of para-hydroxylation sites is 2. The molecule has 0 atom stereocenters. The SMILES string of the molecule is C/C=C\C(=O)NCCCc1nc2ccccc2n1C. The number of carbonyl (C=O) groups excluding carboxylic acids is 1. The van der Waals surface area contributed by atoms with Crippen LogP contribution in [0.15, 0.2) is 36.4 Å². The molecule has 1 aromatic carbocycles. The highest BCUT2D eigenvalue weighted by Crippen LogP contribution is 2.14. The lowest BCUT2D eigenvalue weighted by Crippen LogP contribution is -2.22. The van der Waals surface area contributed by atoms with Crippen LogP contribution in [0.25, 0.3) is 11.0 Å². The smallest absolute Gasteiger partial charge is 0.243 e. The average Bonchev–Trinajstić information content (AvgIpc) is 2.73. The minimum absolute atomic E-state index is 0.0347. The van der Waals surface area contributed by atoms with E-state index in [0.29, 0.717) is 6.54 Å². The summed E-state index contributed by atoms with van der Waals surface area (Å²) in [4.78, 5) is 15.8. The number of aromatic nitrogens is 2. The number of amides is 1. The first-order valence-corrected chi connectivity index (χ1v) is 6.53. The van der Waals surface area contributed by atoms with Crippen molar-refractivity contribution in [1.29, 1.82) is 0 Å². The van der Waals surface area contributed by atoms with Gasteiger partial charge in [0.2, 0.25) is 5.91 Å². The summed E-state index contributed by atoms with van der Waals surface area (Å²) in [5.41, 5.74) is 2.17. The summed E-state index contributed by atoms with van der Waals surface area (Å²) in [7, 11) is 2.03. The van der Waals surface area contributed by atoms with Crippen LogP contribution in [0.2, 0.25) is 0 Å². The molecule has 0 bridgehead atoms. The molecule has 0 saturated heterocycles. The molecule has 2 aromatic rings. The number of nitrogens with zero attached hydrogens (tertiary/aromatic N) is 2. The van der Waals surface area contributed by atoms with Gasteiger partial charge in [-0.15, -0.1) is 0 Å². The Labute approximate surface area is 113 Å². The van der Waals surface area contributed by atoms with Crippen LogP contribution in [0.4, 0.5) is 0 Å². The standard InChI is InChI=1S/C15H19N3O/c1-3-7-15(19)16-11-6-10-14-17-12-8-4-5-9-13(12)18(14)2/h3-5,7-9H,6,10-11H2,1-2H3,(H,16,19)/b7-3-. The van der Waals surface area contributed by atoms with Gasteiger partial charge in [0, 0.05) is 20.0 Å². The lowest BCUT2D eigenvalue weighted by Gasteiger charge is -2.03. The molecule has 0 aliphatic heterocycles. The van der Waals surface area contributed by atoms with E-state index < -0.39 is 0 Å². The molecular formula is C15H19N3O. The first kappa shape index (κ1) is 13.3. The minimum Gasteiger partial charge on any atom is -0.353 e. The average molecular weight is 257 g/mol. The summed E-state index contributed by atoms with van der Waals surface area (Å²) >= 11 is 0. The summed E-state index contributed by atoms with van der Waals surface area (Å²) in [5.74, 6) is 1.02. The second kappa shape index (κ2) is 6.18. The van der Waals surface area contributed by atoms with Crippen molar-refractivity contribution in [2.75, 3.05) is 6.54 Å². The fourth-order valence-electron chi connectivity index (χ4n) is 2.09. The number of hydrogen-bond donors (Lipinski definition) is 1. The molecule has 1 N–H and O–H groups in total. The van der Waals surface area contributed by atoms with Gasteiger partial charge in [-0.2, -0.15) is 0 Å². The summed E-state index contributed by atoms with van der Waals surface area (Å²) < 4.78 is 2.11. The largest absolute Gasteiger partial charge is 0.353 e. The zero-order valence-electron chi connectivity index (χ0n) is 11.4. The molecule has 1 aromatic heterocycles. The zero-order valence-corrected chi connectivity index (χ0v) is 11.4.